The third-order valence-corrected chi connectivity index (χ3v) is 3.04. The van der Waals surface area contributed by atoms with Crippen LogP contribution in [0, 0.1) is 6.92 Å². The molecule has 1 fully saturated rings. The van der Waals surface area contributed by atoms with Gasteiger partial charge in [-0.2, -0.15) is 0 Å². The van der Waals surface area contributed by atoms with Crippen LogP contribution in [-0.2, 0) is 9.59 Å². The van der Waals surface area contributed by atoms with E-state index in [1.165, 1.54) is 0 Å². The van der Waals surface area contributed by atoms with E-state index < -0.39 is 11.8 Å². The number of aryl methyl sites for hydroxylation is 1. The number of carbonyl (C=O) groups excluding carboxylic acids is 2. The zero-order valence-electron chi connectivity index (χ0n) is 10.4. The summed E-state index contributed by atoms with van der Waals surface area (Å²) in [5.74, 6) is -1.10. The summed E-state index contributed by atoms with van der Waals surface area (Å²) in [6.45, 7) is 3.24. The van der Waals surface area contributed by atoms with Gasteiger partial charge >= 0.3 is 11.8 Å². The van der Waals surface area contributed by atoms with E-state index in [1.807, 2.05) is 13.0 Å². The molecule has 3 N–H and O–H groups in total. The number of nitrogens with two attached hydrogens (primary N) is 1. The van der Waals surface area contributed by atoms with Crippen LogP contribution in [0.2, 0.25) is 0 Å². The first-order chi connectivity index (χ1) is 8.58. The maximum Gasteiger partial charge on any atom is 0.313 e. The van der Waals surface area contributed by atoms with Gasteiger partial charge in [0.05, 0.1) is 11.4 Å². The third-order valence-electron chi connectivity index (χ3n) is 3.04. The Kier molecular flexibility index (Phi) is 3.50. The minimum Gasteiger partial charge on any atom is -0.397 e. The Labute approximate surface area is 106 Å². The normalized spacial score (nSPS) is 14.6. The third kappa shape index (κ3) is 2.61. The summed E-state index contributed by atoms with van der Waals surface area (Å²) in [6, 6.07) is 5.31. The highest BCUT2D eigenvalue weighted by molar-refractivity contribution is 6.39. The molecule has 1 aliphatic rings. The predicted molar refractivity (Wildman–Crippen MR) is 70.0 cm³/mol. The van der Waals surface area contributed by atoms with E-state index in [0.29, 0.717) is 24.5 Å². The van der Waals surface area contributed by atoms with Crippen LogP contribution < -0.4 is 11.1 Å². The van der Waals surface area contributed by atoms with Crippen molar-refractivity contribution in [3.63, 3.8) is 0 Å². The number of rotatable bonds is 1. The Morgan fingerprint density at radius 3 is 2.56 bits per heavy atom. The van der Waals surface area contributed by atoms with Crippen molar-refractivity contribution in [3.05, 3.63) is 23.8 Å². The molecular formula is C13H17N3O2. The molecule has 0 unspecified atom stereocenters. The molecule has 0 bridgehead atoms. The molecule has 2 amide bonds. The van der Waals surface area contributed by atoms with Gasteiger partial charge in [-0.25, -0.2) is 0 Å². The Balaban J connectivity index is 2.04. The molecule has 1 aromatic rings. The van der Waals surface area contributed by atoms with Gasteiger partial charge in [0.25, 0.3) is 0 Å². The average molecular weight is 247 g/mol. The molecule has 2 rings (SSSR count). The number of likely N-dealkylation sites (tertiary alicyclic amines) is 1. The second kappa shape index (κ2) is 5.08. The van der Waals surface area contributed by atoms with Crippen LogP contribution in [0.5, 0.6) is 0 Å². The van der Waals surface area contributed by atoms with Crippen LogP contribution in [0.4, 0.5) is 11.4 Å². The van der Waals surface area contributed by atoms with Crippen molar-refractivity contribution in [1.29, 1.82) is 0 Å². The highest BCUT2D eigenvalue weighted by atomic mass is 16.2. The number of nitrogens with one attached hydrogen (secondary N) is 1. The molecule has 1 heterocycles. The van der Waals surface area contributed by atoms with E-state index in [4.69, 9.17) is 5.73 Å². The second-order valence-corrected chi connectivity index (χ2v) is 4.54. The van der Waals surface area contributed by atoms with E-state index >= 15 is 0 Å². The van der Waals surface area contributed by atoms with E-state index in [1.54, 1.807) is 17.0 Å². The summed E-state index contributed by atoms with van der Waals surface area (Å²) < 4.78 is 0. The summed E-state index contributed by atoms with van der Waals surface area (Å²) in [5.41, 5.74) is 7.75. The lowest BCUT2D eigenvalue weighted by Crippen LogP contribution is -2.37. The molecular weight excluding hydrogens is 230 g/mol. The van der Waals surface area contributed by atoms with Gasteiger partial charge < -0.3 is 16.0 Å². The van der Waals surface area contributed by atoms with Crippen LogP contribution in [-0.4, -0.2) is 29.8 Å². The van der Waals surface area contributed by atoms with Crippen LogP contribution >= 0.6 is 0 Å². The number of hydrogen-bond donors (Lipinski definition) is 2. The number of carbonyl (C=O) groups is 2. The van der Waals surface area contributed by atoms with Crippen molar-refractivity contribution in [2.45, 2.75) is 19.8 Å². The molecule has 0 aromatic heterocycles. The monoisotopic (exact) mass is 247 g/mol. The summed E-state index contributed by atoms with van der Waals surface area (Å²) in [4.78, 5) is 25.1. The van der Waals surface area contributed by atoms with Crippen LogP contribution in [0.25, 0.3) is 0 Å². The smallest absolute Gasteiger partial charge is 0.313 e. The van der Waals surface area contributed by atoms with Gasteiger partial charge in [0.2, 0.25) is 0 Å². The van der Waals surface area contributed by atoms with E-state index in [9.17, 15) is 9.59 Å². The minimum atomic E-state index is -0.618. The van der Waals surface area contributed by atoms with Gasteiger partial charge in [-0.1, -0.05) is 6.07 Å². The Bertz CT molecular complexity index is 479. The van der Waals surface area contributed by atoms with Crippen molar-refractivity contribution < 1.29 is 9.59 Å². The first kappa shape index (κ1) is 12.4. The molecule has 1 aliphatic heterocycles. The standard InChI is InChI=1S/C13H17N3O2/c1-9-4-5-11(10(14)8-9)15-12(17)13(18)16-6-2-3-7-16/h4-5,8H,2-3,6-7,14H2,1H3,(H,15,17). The largest absolute Gasteiger partial charge is 0.397 e. The minimum absolute atomic E-state index is 0.470. The highest BCUT2D eigenvalue weighted by Crippen LogP contribution is 2.19. The van der Waals surface area contributed by atoms with Gasteiger partial charge in [-0.15, -0.1) is 0 Å². The van der Waals surface area contributed by atoms with Crippen molar-refractivity contribution in [2.24, 2.45) is 0 Å². The lowest BCUT2D eigenvalue weighted by molar-refractivity contribution is -0.142. The Morgan fingerprint density at radius 1 is 1.28 bits per heavy atom. The van der Waals surface area contributed by atoms with Crippen LogP contribution in [0.1, 0.15) is 18.4 Å². The van der Waals surface area contributed by atoms with Crippen molar-refractivity contribution in [3.8, 4) is 0 Å². The van der Waals surface area contributed by atoms with E-state index in [0.717, 1.165) is 18.4 Å². The molecule has 96 valence electrons. The maximum absolute atomic E-state index is 11.8. The molecule has 0 radical (unpaired) electrons. The van der Waals surface area contributed by atoms with Gasteiger partial charge in [0.15, 0.2) is 0 Å². The summed E-state index contributed by atoms with van der Waals surface area (Å²) in [7, 11) is 0. The zero-order chi connectivity index (χ0) is 13.1. The summed E-state index contributed by atoms with van der Waals surface area (Å²) in [6.07, 6.45) is 1.93. The Morgan fingerprint density at radius 2 is 1.94 bits per heavy atom. The van der Waals surface area contributed by atoms with Gasteiger partial charge in [-0.3, -0.25) is 9.59 Å². The highest BCUT2D eigenvalue weighted by Gasteiger charge is 2.24. The zero-order valence-corrected chi connectivity index (χ0v) is 10.4. The fourth-order valence-electron chi connectivity index (χ4n) is 2.04. The number of anilines is 2. The van der Waals surface area contributed by atoms with Crippen molar-refractivity contribution >= 4 is 23.2 Å². The van der Waals surface area contributed by atoms with Gasteiger partial charge in [0.1, 0.15) is 0 Å². The topological polar surface area (TPSA) is 75.4 Å². The molecule has 1 saturated heterocycles. The second-order valence-electron chi connectivity index (χ2n) is 4.54. The van der Waals surface area contributed by atoms with Crippen LogP contribution in [0.15, 0.2) is 18.2 Å². The van der Waals surface area contributed by atoms with Crippen LogP contribution in [0.3, 0.4) is 0 Å². The SMILES string of the molecule is Cc1ccc(NC(=O)C(=O)N2CCCC2)c(N)c1. The first-order valence-electron chi connectivity index (χ1n) is 6.04. The van der Waals surface area contributed by atoms with Crippen molar-refractivity contribution in [2.75, 3.05) is 24.1 Å². The predicted octanol–water partition coefficient (Wildman–Crippen LogP) is 1.14. The average Bonchev–Trinajstić information content (AvgIpc) is 2.85. The number of benzene rings is 1. The maximum atomic E-state index is 11.8. The quantitative estimate of drug-likeness (QED) is 0.577. The molecule has 1 aromatic carbocycles. The van der Waals surface area contributed by atoms with E-state index in [2.05, 4.69) is 5.32 Å². The molecule has 0 spiro atoms. The number of hydrogen-bond acceptors (Lipinski definition) is 3. The summed E-state index contributed by atoms with van der Waals surface area (Å²) in [5, 5.41) is 2.56. The Hall–Kier alpha value is -2.04. The molecule has 18 heavy (non-hydrogen) atoms. The molecule has 5 nitrogen and oxygen atoms in total. The summed E-state index contributed by atoms with van der Waals surface area (Å²) >= 11 is 0. The number of nitrogen functional groups attached to an aromatic ring is 1. The first-order valence-corrected chi connectivity index (χ1v) is 6.04. The van der Waals surface area contributed by atoms with Gasteiger partial charge in [0, 0.05) is 13.1 Å². The lowest BCUT2D eigenvalue weighted by Gasteiger charge is -2.15. The lowest BCUT2D eigenvalue weighted by atomic mass is 10.2. The number of nitrogens with zero attached hydrogens (tertiary/aromatic N) is 1. The fraction of sp³-hybridized carbons (Fsp3) is 0.385. The van der Waals surface area contributed by atoms with E-state index in [-0.39, 0.29) is 0 Å². The molecule has 5 heteroatoms. The van der Waals surface area contributed by atoms with Crippen molar-refractivity contribution in [1.82, 2.24) is 4.90 Å². The molecule has 0 aliphatic carbocycles. The molecule has 0 atom stereocenters. The number of amides is 2. The molecule has 0 saturated carbocycles. The van der Waals surface area contributed by atoms with Gasteiger partial charge in [-0.05, 0) is 37.5 Å². The fourth-order valence-corrected chi connectivity index (χ4v) is 2.04.